The van der Waals surface area contributed by atoms with Crippen LogP contribution in [0.5, 0.6) is 0 Å². The fourth-order valence-electron chi connectivity index (χ4n) is 3.95. The summed E-state index contributed by atoms with van der Waals surface area (Å²) >= 11 is 0. The molecule has 0 radical (unpaired) electrons. The zero-order valence-corrected chi connectivity index (χ0v) is 15.6. The van der Waals surface area contributed by atoms with Gasteiger partial charge in [-0.15, -0.1) is 0 Å². The number of hydrogen-bond donors (Lipinski definition) is 2. The van der Waals surface area contributed by atoms with Crippen LogP contribution in [-0.4, -0.2) is 51.7 Å². The van der Waals surface area contributed by atoms with Crippen molar-refractivity contribution >= 4 is 23.3 Å². The minimum Gasteiger partial charge on any atom is -0.469 e. The van der Waals surface area contributed by atoms with Crippen molar-refractivity contribution < 1.29 is 19.2 Å². The zero-order valence-electron chi connectivity index (χ0n) is 15.6. The summed E-state index contributed by atoms with van der Waals surface area (Å²) in [6.45, 7) is 4.36. The molecule has 142 valence electrons. The minimum absolute atomic E-state index is 0.00542. The number of anilines is 2. The van der Waals surface area contributed by atoms with Crippen molar-refractivity contribution in [2.75, 3.05) is 50.1 Å². The molecule has 1 aromatic rings. The first kappa shape index (κ1) is 18.7. The van der Waals surface area contributed by atoms with E-state index < -0.39 is 0 Å². The second-order valence-corrected chi connectivity index (χ2v) is 7.37. The van der Waals surface area contributed by atoms with Gasteiger partial charge in [0.2, 0.25) is 0 Å². The summed E-state index contributed by atoms with van der Waals surface area (Å²) in [4.78, 5) is 27.5. The van der Waals surface area contributed by atoms with Crippen LogP contribution in [-0.2, 0) is 14.3 Å². The van der Waals surface area contributed by atoms with Crippen LogP contribution in [0.2, 0.25) is 0 Å². The third-order valence-electron chi connectivity index (χ3n) is 5.51. The molecular weight excluding hydrogens is 330 g/mol. The topological polar surface area (TPSA) is 63.1 Å². The van der Waals surface area contributed by atoms with Gasteiger partial charge in [0.1, 0.15) is 0 Å². The van der Waals surface area contributed by atoms with Crippen molar-refractivity contribution in [3.8, 4) is 0 Å². The third-order valence-corrected chi connectivity index (χ3v) is 5.51. The number of benzene rings is 1. The second kappa shape index (κ2) is 9.03. The fourth-order valence-corrected chi connectivity index (χ4v) is 3.95. The molecule has 1 aromatic carbocycles. The average molecular weight is 360 g/mol. The van der Waals surface area contributed by atoms with Crippen LogP contribution in [0.3, 0.4) is 0 Å². The van der Waals surface area contributed by atoms with E-state index in [0.717, 1.165) is 44.7 Å². The number of nitrogens with one attached hydrogen (secondary N) is 2. The Morgan fingerprint density at radius 3 is 2.38 bits per heavy atom. The number of methoxy groups -OCH3 is 1. The zero-order chi connectivity index (χ0) is 18.4. The van der Waals surface area contributed by atoms with Crippen molar-refractivity contribution in [2.45, 2.75) is 32.1 Å². The molecule has 2 fully saturated rings. The van der Waals surface area contributed by atoms with Crippen molar-refractivity contribution in [2.24, 2.45) is 5.92 Å². The van der Waals surface area contributed by atoms with E-state index in [9.17, 15) is 9.59 Å². The lowest BCUT2D eigenvalue weighted by atomic mass is 9.97. The quantitative estimate of drug-likeness (QED) is 0.772. The molecule has 2 N–H and O–H groups in total. The van der Waals surface area contributed by atoms with Crippen LogP contribution in [0.15, 0.2) is 24.3 Å². The van der Waals surface area contributed by atoms with Crippen LogP contribution in [0.25, 0.3) is 0 Å². The Balaban J connectivity index is 1.44. The first-order chi connectivity index (χ1) is 12.7. The first-order valence-corrected chi connectivity index (χ1v) is 9.72. The third kappa shape index (κ3) is 4.97. The Labute approximate surface area is 155 Å². The minimum atomic E-state index is -0.123. The predicted octanol–water partition coefficient (Wildman–Crippen LogP) is 1.08. The van der Waals surface area contributed by atoms with Crippen LogP contribution >= 0.6 is 0 Å². The van der Waals surface area contributed by atoms with E-state index in [1.54, 1.807) is 0 Å². The van der Waals surface area contributed by atoms with Gasteiger partial charge in [0.15, 0.2) is 6.54 Å². The number of ether oxygens (including phenoxy) is 1. The molecule has 2 aliphatic heterocycles. The van der Waals surface area contributed by atoms with E-state index in [4.69, 9.17) is 4.74 Å². The number of hydrogen-bond acceptors (Lipinski definition) is 4. The Hall–Kier alpha value is -2.08. The molecule has 2 saturated heterocycles. The van der Waals surface area contributed by atoms with Gasteiger partial charge < -0.3 is 19.9 Å². The summed E-state index contributed by atoms with van der Waals surface area (Å²) in [5.74, 6) is -0.0984. The normalized spacial score (nSPS) is 23.3. The highest BCUT2D eigenvalue weighted by atomic mass is 16.5. The van der Waals surface area contributed by atoms with Gasteiger partial charge in [-0.3, -0.25) is 9.59 Å². The number of rotatable bonds is 5. The maximum absolute atomic E-state index is 12.3. The smallest absolute Gasteiger partial charge is 0.309 e. The van der Waals surface area contributed by atoms with Crippen molar-refractivity contribution in [3.05, 3.63) is 24.3 Å². The van der Waals surface area contributed by atoms with Crippen LogP contribution < -0.4 is 15.1 Å². The van der Waals surface area contributed by atoms with E-state index in [0.29, 0.717) is 6.54 Å². The second-order valence-electron chi connectivity index (χ2n) is 7.37. The van der Waals surface area contributed by atoms with Crippen molar-refractivity contribution in [1.82, 2.24) is 0 Å². The van der Waals surface area contributed by atoms with Gasteiger partial charge in [0, 0.05) is 37.3 Å². The fraction of sp³-hybridized carbons (Fsp3) is 0.600. The number of piperidine rings is 2. The van der Waals surface area contributed by atoms with E-state index in [2.05, 4.69) is 22.3 Å². The summed E-state index contributed by atoms with van der Waals surface area (Å²) in [5.41, 5.74) is 2.08. The molecule has 0 aliphatic carbocycles. The Morgan fingerprint density at radius 2 is 1.77 bits per heavy atom. The maximum atomic E-state index is 12.3. The first-order valence-electron chi connectivity index (χ1n) is 9.72. The Morgan fingerprint density at radius 1 is 1.12 bits per heavy atom. The molecule has 1 amide bonds. The lowest BCUT2D eigenvalue weighted by Gasteiger charge is -2.29. The number of carbonyl (C=O) groups excluding carboxylic acids is 2. The highest BCUT2D eigenvalue weighted by molar-refractivity contribution is 5.91. The lowest BCUT2D eigenvalue weighted by Crippen LogP contribution is -3.14. The largest absolute Gasteiger partial charge is 0.469 e. The predicted molar refractivity (Wildman–Crippen MR) is 101 cm³/mol. The van der Waals surface area contributed by atoms with E-state index in [1.165, 1.54) is 37.0 Å². The maximum Gasteiger partial charge on any atom is 0.309 e. The van der Waals surface area contributed by atoms with Crippen molar-refractivity contribution in [3.63, 3.8) is 0 Å². The Kier molecular flexibility index (Phi) is 6.50. The van der Waals surface area contributed by atoms with Gasteiger partial charge in [-0.05, 0) is 43.5 Å². The molecule has 3 rings (SSSR count). The molecule has 2 aliphatic rings. The van der Waals surface area contributed by atoms with E-state index >= 15 is 0 Å². The molecular formula is C20H30N3O3+. The highest BCUT2D eigenvalue weighted by Gasteiger charge is 2.29. The number of esters is 1. The summed E-state index contributed by atoms with van der Waals surface area (Å²) in [6.07, 6.45) is 5.42. The Bertz CT molecular complexity index is 603. The molecule has 0 atom stereocenters. The van der Waals surface area contributed by atoms with E-state index in [1.807, 2.05) is 12.1 Å². The van der Waals surface area contributed by atoms with Crippen LogP contribution in [0.4, 0.5) is 11.4 Å². The van der Waals surface area contributed by atoms with Gasteiger partial charge in [0.05, 0.1) is 26.1 Å². The molecule has 6 nitrogen and oxygen atoms in total. The molecule has 0 spiro atoms. The van der Waals surface area contributed by atoms with Gasteiger partial charge >= 0.3 is 5.97 Å². The molecule has 26 heavy (non-hydrogen) atoms. The number of amides is 1. The molecule has 2 heterocycles. The lowest BCUT2D eigenvalue weighted by molar-refractivity contribution is -0.897. The number of likely N-dealkylation sites (tertiary alicyclic amines) is 1. The number of nitrogens with zero attached hydrogens (tertiary/aromatic N) is 1. The van der Waals surface area contributed by atoms with Crippen LogP contribution in [0.1, 0.15) is 32.1 Å². The SMILES string of the molecule is COC(=O)C1CC[NH+](CC(=O)Nc2ccc(N3CCCCC3)cc2)CC1. The molecule has 0 saturated carbocycles. The monoisotopic (exact) mass is 360 g/mol. The standard InChI is InChI=1S/C20H29N3O3/c1-26-20(25)16-9-13-22(14-10-16)15-19(24)21-17-5-7-18(8-6-17)23-11-3-2-4-12-23/h5-8,16H,2-4,9-15H2,1H3,(H,21,24)/p+1. The summed E-state index contributed by atoms with van der Waals surface area (Å²) in [6, 6.07) is 8.16. The molecule has 6 heteroatoms. The molecule has 0 bridgehead atoms. The van der Waals surface area contributed by atoms with Crippen LogP contribution in [0, 0.1) is 5.92 Å². The number of quaternary nitrogens is 1. The van der Waals surface area contributed by atoms with Gasteiger partial charge in [-0.2, -0.15) is 0 Å². The van der Waals surface area contributed by atoms with E-state index in [-0.39, 0.29) is 17.8 Å². The highest BCUT2D eigenvalue weighted by Crippen LogP contribution is 2.21. The average Bonchev–Trinajstić information content (AvgIpc) is 2.69. The van der Waals surface area contributed by atoms with Gasteiger partial charge in [-0.25, -0.2) is 0 Å². The van der Waals surface area contributed by atoms with Gasteiger partial charge in [-0.1, -0.05) is 0 Å². The molecule has 0 aromatic heterocycles. The van der Waals surface area contributed by atoms with Gasteiger partial charge in [0.25, 0.3) is 5.91 Å². The molecule has 0 unspecified atom stereocenters. The number of carbonyl (C=O) groups is 2. The summed E-state index contributed by atoms with van der Waals surface area (Å²) in [7, 11) is 1.44. The van der Waals surface area contributed by atoms with Crippen molar-refractivity contribution in [1.29, 1.82) is 0 Å². The summed E-state index contributed by atoms with van der Waals surface area (Å²) in [5, 5.41) is 2.99. The summed E-state index contributed by atoms with van der Waals surface area (Å²) < 4.78 is 4.81.